The second kappa shape index (κ2) is 7.18. The van der Waals surface area contributed by atoms with E-state index in [1.54, 1.807) is 0 Å². The fourth-order valence-electron chi connectivity index (χ4n) is 3.45. The predicted octanol–water partition coefficient (Wildman–Crippen LogP) is 3.04. The summed E-state index contributed by atoms with van der Waals surface area (Å²) in [6, 6.07) is 6.27. The van der Waals surface area contributed by atoms with Gasteiger partial charge < -0.3 is 15.1 Å². The van der Waals surface area contributed by atoms with Gasteiger partial charge in [0, 0.05) is 44.0 Å². The number of likely N-dealkylation sites (N-methyl/N-ethyl adjacent to an activating group) is 1. The molecule has 1 fully saturated rings. The number of allylic oxidation sites excluding steroid dienone is 2. The molecule has 3 rings (SSSR count). The molecule has 0 radical (unpaired) electrons. The molecule has 23 heavy (non-hydrogen) atoms. The second-order valence-corrected chi connectivity index (χ2v) is 6.81. The van der Waals surface area contributed by atoms with E-state index < -0.39 is 0 Å². The lowest BCUT2D eigenvalue weighted by Gasteiger charge is -2.35. The van der Waals surface area contributed by atoms with Gasteiger partial charge in [0.25, 0.3) is 0 Å². The summed E-state index contributed by atoms with van der Waals surface area (Å²) in [7, 11) is 2.17. The lowest BCUT2D eigenvalue weighted by atomic mass is 10.0. The molecule has 0 aromatic heterocycles. The third-order valence-corrected chi connectivity index (χ3v) is 4.88. The maximum absolute atomic E-state index is 12.1. The SMILES string of the molecule is Cc1cc(NC(=O)CC2C=CCC2)ccc1N1CCN(C)CC1. The summed E-state index contributed by atoms with van der Waals surface area (Å²) in [5, 5.41) is 3.05. The number of anilines is 2. The zero-order chi connectivity index (χ0) is 16.2. The molecular formula is C19H27N3O. The number of carbonyl (C=O) groups is 1. The molecule has 1 unspecified atom stereocenters. The van der Waals surface area contributed by atoms with Gasteiger partial charge in [0.2, 0.25) is 5.91 Å². The fourth-order valence-corrected chi connectivity index (χ4v) is 3.45. The summed E-state index contributed by atoms with van der Waals surface area (Å²) >= 11 is 0. The summed E-state index contributed by atoms with van der Waals surface area (Å²) < 4.78 is 0. The normalized spacial score (nSPS) is 21.7. The van der Waals surface area contributed by atoms with Gasteiger partial charge in [-0.25, -0.2) is 0 Å². The first kappa shape index (κ1) is 16.1. The van der Waals surface area contributed by atoms with Gasteiger partial charge >= 0.3 is 0 Å². The Hall–Kier alpha value is -1.81. The van der Waals surface area contributed by atoms with Crippen molar-refractivity contribution in [1.82, 2.24) is 4.90 Å². The van der Waals surface area contributed by atoms with Crippen LogP contribution in [0.15, 0.2) is 30.4 Å². The van der Waals surface area contributed by atoms with E-state index >= 15 is 0 Å². The van der Waals surface area contributed by atoms with Crippen molar-refractivity contribution in [3.63, 3.8) is 0 Å². The largest absolute Gasteiger partial charge is 0.369 e. The van der Waals surface area contributed by atoms with Gasteiger partial charge in [0.15, 0.2) is 0 Å². The van der Waals surface area contributed by atoms with Crippen molar-refractivity contribution in [1.29, 1.82) is 0 Å². The Kier molecular flexibility index (Phi) is 5.01. The lowest BCUT2D eigenvalue weighted by Crippen LogP contribution is -2.44. The molecule has 1 saturated heterocycles. The topological polar surface area (TPSA) is 35.6 Å². The van der Waals surface area contributed by atoms with E-state index in [2.05, 4.69) is 53.4 Å². The minimum absolute atomic E-state index is 0.119. The van der Waals surface area contributed by atoms with Crippen LogP contribution in [0.5, 0.6) is 0 Å². The van der Waals surface area contributed by atoms with Crippen molar-refractivity contribution >= 4 is 17.3 Å². The fraction of sp³-hybridized carbons (Fsp3) is 0.526. The van der Waals surface area contributed by atoms with Crippen LogP contribution in [-0.4, -0.2) is 44.0 Å². The highest BCUT2D eigenvalue weighted by Gasteiger charge is 2.17. The number of carbonyl (C=O) groups excluding carboxylic acids is 1. The van der Waals surface area contributed by atoms with Gasteiger partial charge in [-0.05, 0) is 56.5 Å². The third-order valence-electron chi connectivity index (χ3n) is 4.88. The van der Waals surface area contributed by atoms with Gasteiger partial charge in [0.05, 0.1) is 0 Å². The number of aryl methyl sites for hydroxylation is 1. The molecule has 1 aromatic rings. The van der Waals surface area contributed by atoms with E-state index in [4.69, 9.17) is 0 Å². The Morgan fingerprint density at radius 2 is 2.04 bits per heavy atom. The number of hydrogen-bond acceptors (Lipinski definition) is 3. The van der Waals surface area contributed by atoms with Crippen LogP contribution < -0.4 is 10.2 Å². The highest BCUT2D eigenvalue weighted by Crippen LogP contribution is 2.25. The van der Waals surface area contributed by atoms with E-state index in [9.17, 15) is 4.79 Å². The van der Waals surface area contributed by atoms with E-state index in [0.717, 1.165) is 44.7 Å². The van der Waals surface area contributed by atoms with Crippen LogP contribution in [0.1, 0.15) is 24.8 Å². The molecule has 1 aromatic carbocycles. The highest BCUT2D eigenvalue weighted by atomic mass is 16.1. The molecule has 1 heterocycles. The van der Waals surface area contributed by atoms with Crippen LogP contribution in [-0.2, 0) is 4.79 Å². The first-order valence-electron chi connectivity index (χ1n) is 8.62. The molecule has 4 heteroatoms. The zero-order valence-corrected chi connectivity index (χ0v) is 14.2. The molecule has 1 N–H and O–H groups in total. The van der Waals surface area contributed by atoms with Crippen molar-refractivity contribution in [2.75, 3.05) is 43.4 Å². The molecule has 0 bridgehead atoms. The van der Waals surface area contributed by atoms with Crippen LogP contribution in [0.4, 0.5) is 11.4 Å². The zero-order valence-electron chi connectivity index (χ0n) is 14.2. The lowest BCUT2D eigenvalue weighted by molar-refractivity contribution is -0.116. The maximum atomic E-state index is 12.1. The molecule has 124 valence electrons. The monoisotopic (exact) mass is 313 g/mol. The molecule has 1 aliphatic heterocycles. The Labute approximate surface area is 139 Å². The number of nitrogens with zero attached hydrogens (tertiary/aromatic N) is 2. The average Bonchev–Trinajstić information content (AvgIpc) is 3.01. The minimum Gasteiger partial charge on any atom is -0.369 e. The van der Waals surface area contributed by atoms with Gasteiger partial charge in [-0.2, -0.15) is 0 Å². The Bertz CT molecular complexity index is 588. The molecule has 1 aliphatic carbocycles. The van der Waals surface area contributed by atoms with Gasteiger partial charge in [-0.15, -0.1) is 0 Å². The number of nitrogens with one attached hydrogen (secondary N) is 1. The summed E-state index contributed by atoms with van der Waals surface area (Å²) in [6.07, 6.45) is 7.15. The van der Waals surface area contributed by atoms with Gasteiger partial charge in [-0.1, -0.05) is 12.2 Å². The maximum Gasteiger partial charge on any atom is 0.224 e. The van der Waals surface area contributed by atoms with E-state index in [1.165, 1.54) is 11.3 Å². The van der Waals surface area contributed by atoms with Crippen molar-refractivity contribution in [2.24, 2.45) is 5.92 Å². The molecule has 1 atom stereocenters. The van der Waals surface area contributed by atoms with Gasteiger partial charge in [0.1, 0.15) is 0 Å². The number of hydrogen-bond donors (Lipinski definition) is 1. The Morgan fingerprint density at radius 1 is 1.26 bits per heavy atom. The van der Waals surface area contributed by atoms with Crippen molar-refractivity contribution in [2.45, 2.75) is 26.2 Å². The molecule has 0 saturated carbocycles. The predicted molar refractivity (Wildman–Crippen MR) is 96.0 cm³/mol. The van der Waals surface area contributed by atoms with E-state index in [-0.39, 0.29) is 5.91 Å². The minimum atomic E-state index is 0.119. The number of piperazine rings is 1. The molecule has 4 nitrogen and oxygen atoms in total. The Morgan fingerprint density at radius 3 is 2.70 bits per heavy atom. The molecule has 1 amide bonds. The quantitative estimate of drug-likeness (QED) is 0.868. The van der Waals surface area contributed by atoms with Crippen LogP contribution in [0.2, 0.25) is 0 Å². The number of benzene rings is 1. The number of amides is 1. The van der Waals surface area contributed by atoms with E-state index in [1.807, 2.05) is 6.07 Å². The third kappa shape index (κ3) is 4.14. The Balaban J connectivity index is 1.60. The highest BCUT2D eigenvalue weighted by molar-refractivity contribution is 5.91. The summed E-state index contributed by atoms with van der Waals surface area (Å²) in [4.78, 5) is 16.9. The second-order valence-electron chi connectivity index (χ2n) is 6.81. The first-order chi connectivity index (χ1) is 11.1. The van der Waals surface area contributed by atoms with Crippen molar-refractivity contribution in [3.8, 4) is 0 Å². The average molecular weight is 313 g/mol. The summed E-state index contributed by atoms with van der Waals surface area (Å²) in [6.45, 7) is 6.47. The first-order valence-corrected chi connectivity index (χ1v) is 8.62. The van der Waals surface area contributed by atoms with Crippen LogP contribution >= 0.6 is 0 Å². The summed E-state index contributed by atoms with van der Waals surface area (Å²) in [5.74, 6) is 0.536. The molecule has 0 spiro atoms. The van der Waals surface area contributed by atoms with Crippen LogP contribution in [0.25, 0.3) is 0 Å². The smallest absolute Gasteiger partial charge is 0.224 e. The molecular weight excluding hydrogens is 286 g/mol. The van der Waals surface area contributed by atoms with Crippen LogP contribution in [0, 0.1) is 12.8 Å². The van der Waals surface area contributed by atoms with Crippen molar-refractivity contribution in [3.05, 3.63) is 35.9 Å². The van der Waals surface area contributed by atoms with Crippen LogP contribution in [0.3, 0.4) is 0 Å². The van der Waals surface area contributed by atoms with E-state index in [0.29, 0.717) is 12.3 Å². The standard InChI is InChI=1S/C19H27N3O/c1-15-13-17(20-19(23)14-16-5-3-4-6-16)7-8-18(15)22-11-9-21(2)10-12-22/h3,5,7-8,13,16H,4,6,9-12,14H2,1-2H3,(H,20,23). The number of rotatable bonds is 4. The molecule has 2 aliphatic rings. The summed E-state index contributed by atoms with van der Waals surface area (Å²) in [5.41, 5.74) is 3.43. The van der Waals surface area contributed by atoms with Crippen molar-refractivity contribution < 1.29 is 4.79 Å². The van der Waals surface area contributed by atoms with Gasteiger partial charge in [-0.3, -0.25) is 4.79 Å².